The van der Waals surface area contributed by atoms with E-state index >= 15 is 0 Å². The second kappa shape index (κ2) is 6.34. The summed E-state index contributed by atoms with van der Waals surface area (Å²) in [5.41, 5.74) is 0. The summed E-state index contributed by atoms with van der Waals surface area (Å²) in [5, 5.41) is 0. The molecule has 0 aromatic heterocycles. The third-order valence-electron chi connectivity index (χ3n) is 2.20. The highest BCUT2D eigenvalue weighted by molar-refractivity contribution is 7.56. The minimum atomic E-state index is -2.59. The number of nitrogens with zero attached hydrogens (tertiary/aromatic N) is 1. The summed E-state index contributed by atoms with van der Waals surface area (Å²) in [4.78, 5) is 0. The zero-order chi connectivity index (χ0) is 10.4. The molecule has 0 saturated carbocycles. The summed E-state index contributed by atoms with van der Waals surface area (Å²) in [6.45, 7) is 2.06. The summed E-state index contributed by atoms with van der Waals surface area (Å²) in [6.07, 6.45) is 2.22. The third-order valence-corrected chi connectivity index (χ3v) is 5.37. The maximum Gasteiger partial charge on any atom is 0.272 e. The van der Waals surface area contributed by atoms with Gasteiger partial charge in [-0.1, -0.05) is 0 Å². The lowest BCUT2D eigenvalue weighted by atomic mass is 10.4. The van der Waals surface area contributed by atoms with Crippen LogP contribution in [0.25, 0.3) is 0 Å². The molecule has 1 aliphatic heterocycles. The summed E-state index contributed by atoms with van der Waals surface area (Å²) in [6, 6.07) is 0. The Morgan fingerprint density at radius 1 is 1.36 bits per heavy atom. The van der Waals surface area contributed by atoms with Gasteiger partial charge in [0.15, 0.2) is 0 Å². The van der Waals surface area contributed by atoms with Crippen molar-refractivity contribution in [3.05, 3.63) is 0 Å². The van der Waals surface area contributed by atoms with E-state index in [1.807, 2.05) is 4.67 Å². The summed E-state index contributed by atoms with van der Waals surface area (Å²) in [7, 11) is -2.59. The third kappa shape index (κ3) is 3.39. The smallest absolute Gasteiger partial charge is 0.272 e. The van der Waals surface area contributed by atoms with E-state index in [0.29, 0.717) is 31.1 Å². The maximum atomic E-state index is 12.3. The minimum Gasteiger partial charge on any atom is -0.317 e. The van der Waals surface area contributed by atoms with Crippen LogP contribution >= 0.6 is 30.7 Å². The first-order chi connectivity index (χ1) is 6.73. The second-order valence-corrected chi connectivity index (χ2v) is 6.53. The summed E-state index contributed by atoms with van der Waals surface area (Å²) >= 11 is 11.2. The number of rotatable bonds is 5. The first-order valence-corrected chi connectivity index (χ1v) is 7.67. The Kier molecular flexibility index (Phi) is 5.80. The van der Waals surface area contributed by atoms with Crippen LogP contribution in [-0.4, -0.2) is 42.3 Å². The van der Waals surface area contributed by atoms with Crippen molar-refractivity contribution in [3.8, 4) is 0 Å². The molecule has 0 aromatic rings. The van der Waals surface area contributed by atoms with Gasteiger partial charge in [-0.15, -0.1) is 23.2 Å². The maximum absolute atomic E-state index is 12.3. The zero-order valence-electron chi connectivity index (χ0n) is 8.12. The van der Waals surface area contributed by atoms with E-state index in [9.17, 15) is 4.57 Å². The quantitative estimate of drug-likeness (QED) is 0.562. The van der Waals surface area contributed by atoms with Crippen LogP contribution in [0.5, 0.6) is 0 Å². The molecule has 1 unspecified atom stereocenters. The van der Waals surface area contributed by atoms with Crippen LogP contribution in [0.1, 0.15) is 12.8 Å². The molecule has 0 radical (unpaired) electrons. The van der Waals surface area contributed by atoms with E-state index in [1.165, 1.54) is 0 Å². The highest BCUT2D eigenvalue weighted by atomic mass is 35.5. The van der Waals surface area contributed by atoms with Gasteiger partial charge in [0.05, 0.1) is 6.61 Å². The lowest BCUT2D eigenvalue weighted by Gasteiger charge is -2.34. The van der Waals surface area contributed by atoms with Crippen LogP contribution in [0.2, 0.25) is 0 Å². The van der Waals surface area contributed by atoms with Gasteiger partial charge in [-0.3, -0.25) is 4.57 Å². The Morgan fingerprint density at radius 3 is 2.79 bits per heavy atom. The largest absolute Gasteiger partial charge is 0.317 e. The Balaban J connectivity index is 2.55. The predicted molar refractivity (Wildman–Crippen MR) is 60.7 cm³/mol. The lowest BCUT2D eigenvalue weighted by Crippen LogP contribution is -2.31. The molecule has 0 bridgehead atoms. The fraction of sp³-hybridized carbons (Fsp3) is 1.00. The Morgan fingerprint density at radius 2 is 2.14 bits per heavy atom. The highest BCUT2D eigenvalue weighted by Crippen LogP contribution is 2.53. The van der Waals surface area contributed by atoms with Gasteiger partial charge >= 0.3 is 0 Å². The number of hydrogen-bond donors (Lipinski definition) is 0. The van der Waals surface area contributed by atoms with Crippen molar-refractivity contribution in [1.29, 1.82) is 0 Å². The standard InChI is InChI=1S/C8H16Cl2NO2P/c9-3-1-8-14(12)11(6-4-10)5-2-7-13-14/h1-8H2. The van der Waals surface area contributed by atoms with Crippen molar-refractivity contribution in [1.82, 2.24) is 4.67 Å². The molecule has 1 heterocycles. The molecule has 0 aliphatic carbocycles. The van der Waals surface area contributed by atoms with Gasteiger partial charge in [-0.05, 0) is 12.8 Å². The van der Waals surface area contributed by atoms with Gasteiger partial charge in [0.1, 0.15) is 0 Å². The molecule has 1 saturated heterocycles. The molecule has 1 aliphatic rings. The van der Waals surface area contributed by atoms with E-state index in [2.05, 4.69) is 0 Å². The van der Waals surface area contributed by atoms with E-state index in [-0.39, 0.29) is 0 Å². The average Bonchev–Trinajstić information content (AvgIpc) is 2.19. The molecule has 84 valence electrons. The Labute approximate surface area is 95.2 Å². The van der Waals surface area contributed by atoms with Gasteiger partial charge in [0.2, 0.25) is 0 Å². The van der Waals surface area contributed by atoms with Crippen molar-refractivity contribution >= 4 is 30.7 Å². The molecule has 1 rings (SSSR count). The van der Waals surface area contributed by atoms with Gasteiger partial charge in [-0.2, -0.15) is 0 Å². The summed E-state index contributed by atoms with van der Waals surface area (Å²) in [5.74, 6) is 1.02. The molecular formula is C8H16Cl2NO2P. The van der Waals surface area contributed by atoms with Crippen molar-refractivity contribution in [2.45, 2.75) is 12.8 Å². The molecule has 0 spiro atoms. The van der Waals surface area contributed by atoms with Gasteiger partial charge in [0, 0.05) is 31.0 Å². The van der Waals surface area contributed by atoms with Crippen molar-refractivity contribution < 1.29 is 9.09 Å². The second-order valence-electron chi connectivity index (χ2n) is 3.23. The minimum absolute atomic E-state index is 0.494. The Bertz CT molecular complexity index is 214. The fourth-order valence-electron chi connectivity index (χ4n) is 1.52. The van der Waals surface area contributed by atoms with Crippen LogP contribution in [0.3, 0.4) is 0 Å². The van der Waals surface area contributed by atoms with E-state index in [4.69, 9.17) is 27.7 Å². The molecule has 0 N–H and O–H groups in total. The van der Waals surface area contributed by atoms with Gasteiger partial charge in [-0.25, -0.2) is 4.67 Å². The van der Waals surface area contributed by atoms with Crippen LogP contribution in [0.15, 0.2) is 0 Å². The van der Waals surface area contributed by atoms with Gasteiger partial charge < -0.3 is 4.52 Å². The highest BCUT2D eigenvalue weighted by Gasteiger charge is 2.33. The van der Waals surface area contributed by atoms with Crippen LogP contribution in [0.4, 0.5) is 0 Å². The van der Waals surface area contributed by atoms with Crippen molar-refractivity contribution in [3.63, 3.8) is 0 Å². The van der Waals surface area contributed by atoms with E-state index < -0.39 is 7.52 Å². The van der Waals surface area contributed by atoms with Gasteiger partial charge in [0.25, 0.3) is 7.52 Å². The SMILES string of the molecule is O=P1(CCCCl)OCCCN1CCCl. The van der Waals surface area contributed by atoms with Crippen LogP contribution in [0, 0.1) is 0 Å². The lowest BCUT2D eigenvalue weighted by molar-refractivity contribution is 0.210. The molecule has 0 amide bonds. The van der Waals surface area contributed by atoms with Crippen LogP contribution in [-0.2, 0) is 9.09 Å². The molecule has 1 atom stereocenters. The van der Waals surface area contributed by atoms with Crippen LogP contribution < -0.4 is 0 Å². The number of alkyl halides is 2. The molecule has 14 heavy (non-hydrogen) atoms. The zero-order valence-corrected chi connectivity index (χ0v) is 10.5. The monoisotopic (exact) mass is 259 g/mol. The first kappa shape index (κ1) is 12.8. The number of halogens is 2. The first-order valence-electron chi connectivity index (χ1n) is 4.84. The molecule has 6 heteroatoms. The summed E-state index contributed by atoms with van der Waals surface area (Å²) < 4.78 is 19.6. The Hall–Kier alpha value is 0.730. The molecular weight excluding hydrogens is 244 g/mol. The fourth-order valence-corrected chi connectivity index (χ4v) is 4.56. The number of hydrogen-bond acceptors (Lipinski definition) is 2. The molecule has 0 aromatic carbocycles. The van der Waals surface area contributed by atoms with Crippen molar-refractivity contribution in [2.75, 3.05) is 37.6 Å². The topological polar surface area (TPSA) is 29.5 Å². The normalized spacial score (nSPS) is 29.3. The molecule has 3 nitrogen and oxygen atoms in total. The average molecular weight is 260 g/mol. The van der Waals surface area contributed by atoms with E-state index in [0.717, 1.165) is 19.4 Å². The predicted octanol–water partition coefficient (Wildman–Crippen LogP) is 2.77. The van der Waals surface area contributed by atoms with E-state index in [1.54, 1.807) is 0 Å². The van der Waals surface area contributed by atoms with Crippen molar-refractivity contribution in [2.24, 2.45) is 0 Å². The molecule has 1 fully saturated rings.